The van der Waals surface area contributed by atoms with Crippen molar-refractivity contribution in [1.29, 1.82) is 0 Å². The number of benzene rings is 2. The van der Waals surface area contributed by atoms with Crippen molar-refractivity contribution in [1.82, 2.24) is 0 Å². The average Bonchev–Trinajstić information content (AvgIpc) is 2.94. The Morgan fingerprint density at radius 3 is 2.58 bits per heavy atom. The summed E-state index contributed by atoms with van der Waals surface area (Å²) in [5.41, 5.74) is 1.22. The zero-order chi connectivity index (χ0) is 18.7. The summed E-state index contributed by atoms with van der Waals surface area (Å²) in [4.78, 5) is 26.5. The van der Waals surface area contributed by atoms with E-state index in [4.69, 9.17) is 32.7 Å². The highest BCUT2D eigenvalue weighted by Crippen LogP contribution is 2.26. The topological polar surface area (TPSA) is 88.0 Å². The second-order valence-corrected chi connectivity index (χ2v) is 6.03. The molecule has 0 spiro atoms. The molecule has 1 heterocycles. The van der Waals surface area contributed by atoms with E-state index in [0.29, 0.717) is 26.9 Å². The molecule has 0 saturated carbocycles. The van der Waals surface area contributed by atoms with Gasteiger partial charge in [0.1, 0.15) is 12.4 Å². The maximum Gasteiger partial charge on any atom is 0.363 e. The zero-order valence-electron chi connectivity index (χ0n) is 13.1. The number of carboxylic acid groups (broad SMARTS) is 1. The number of rotatable bonds is 5. The number of aliphatic imine (C=N–C) groups is 1. The van der Waals surface area contributed by atoms with Crippen LogP contribution in [0.5, 0.6) is 5.75 Å². The summed E-state index contributed by atoms with van der Waals surface area (Å²) >= 11 is 11.9. The molecule has 1 aliphatic rings. The molecule has 26 heavy (non-hydrogen) atoms. The van der Waals surface area contributed by atoms with Crippen LogP contribution >= 0.6 is 23.2 Å². The number of carbonyl (C=O) groups excluding carboxylic acids is 2. The Morgan fingerprint density at radius 1 is 1.19 bits per heavy atom. The fourth-order valence-electron chi connectivity index (χ4n) is 2.15. The molecule has 0 unspecified atom stereocenters. The van der Waals surface area contributed by atoms with Crippen molar-refractivity contribution in [3.63, 3.8) is 0 Å². The molecule has 6 nitrogen and oxygen atoms in total. The van der Waals surface area contributed by atoms with E-state index >= 15 is 0 Å². The molecule has 3 rings (SSSR count). The molecule has 0 fully saturated rings. The molecule has 1 aliphatic heterocycles. The lowest BCUT2D eigenvalue weighted by Crippen LogP contribution is -2.28. The lowest BCUT2D eigenvalue weighted by atomic mass is 10.2. The van der Waals surface area contributed by atoms with Gasteiger partial charge in [0.2, 0.25) is 5.90 Å². The molecular weight excluding hydrogens is 381 g/mol. The number of ether oxygens (including phenoxy) is 2. The van der Waals surface area contributed by atoms with E-state index < -0.39 is 18.5 Å². The first-order valence-corrected chi connectivity index (χ1v) is 8.08. The summed E-state index contributed by atoms with van der Waals surface area (Å²) in [6.45, 7) is -0.539. The minimum Gasteiger partial charge on any atom is -0.546 e. The summed E-state index contributed by atoms with van der Waals surface area (Å²) < 4.78 is 10.1. The van der Waals surface area contributed by atoms with E-state index in [1.54, 1.807) is 36.4 Å². The number of carboxylic acids is 1. The molecule has 132 valence electrons. The SMILES string of the molecule is O=C([O-])COc1ccc(/C=C2\N=C(c3ccc(Cl)cc3Cl)OC2=O)cc1. The minimum atomic E-state index is -1.31. The number of nitrogens with zero attached hydrogens (tertiary/aromatic N) is 1. The predicted octanol–water partition coefficient (Wildman–Crippen LogP) is 2.47. The van der Waals surface area contributed by atoms with Gasteiger partial charge in [-0.25, -0.2) is 9.79 Å². The Balaban J connectivity index is 1.81. The third kappa shape index (κ3) is 4.22. The van der Waals surface area contributed by atoms with E-state index in [9.17, 15) is 14.7 Å². The lowest BCUT2D eigenvalue weighted by molar-refractivity contribution is -0.307. The Morgan fingerprint density at radius 2 is 1.92 bits per heavy atom. The van der Waals surface area contributed by atoms with Crippen molar-refractivity contribution in [2.45, 2.75) is 0 Å². The normalized spacial score (nSPS) is 14.9. The Hall–Kier alpha value is -2.83. The molecule has 2 aromatic rings. The molecule has 0 amide bonds. The molecule has 2 aromatic carbocycles. The van der Waals surface area contributed by atoms with Crippen LogP contribution in [-0.2, 0) is 14.3 Å². The van der Waals surface area contributed by atoms with Gasteiger partial charge in [-0.1, -0.05) is 35.3 Å². The number of hydrogen-bond donors (Lipinski definition) is 0. The molecule has 0 bridgehead atoms. The summed E-state index contributed by atoms with van der Waals surface area (Å²) in [6, 6.07) is 11.2. The smallest absolute Gasteiger partial charge is 0.363 e. The first-order valence-electron chi connectivity index (χ1n) is 7.33. The van der Waals surface area contributed by atoms with E-state index in [2.05, 4.69) is 4.99 Å². The lowest BCUT2D eigenvalue weighted by Gasteiger charge is -2.06. The number of hydrogen-bond acceptors (Lipinski definition) is 6. The van der Waals surface area contributed by atoms with E-state index in [1.807, 2.05) is 0 Å². The maximum absolute atomic E-state index is 12.0. The molecule has 0 atom stereocenters. The van der Waals surface area contributed by atoms with Gasteiger partial charge >= 0.3 is 5.97 Å². The summed E-state index contributed by atoms with van der Waals surface area (Å²) in [5.74, 6) is -1.46. The highest BCUT2D eigenvalue weighted by Gasteiger charge is 2.25. The minimum absolute atomic E-state index is 0.0943. The summed E-state index contributed by atoms with van der Waals surface area (Å²) in [6.07, 6.45) is 1.53. The standard InChI is InChI=1S/C18H11Cl2NO5/c19-11-3-6-13(14(20)8-11)17-21-15(18(24)26-17)7-10-1-4-12(5-2-10)25-9-16(22)23/h1-8H,9H2,(H,22,23)/p-1/b15-7-. The largest absolute Gasteiger partial charge is 0.546 e. The van der Waals surface area contributed by atoms with Crippen molar-refractivity contribution >= 4 is 47.1 Å². The van der Waals surface area contributed by atoms with Crippen molar-refractivity contribution in [3.8, 4) is 5.75 Å². The fourth-order valence-corrected chi connectivity index (χ4v) is 2.64. The molecule has 0 N–H and O–H groups in total. The van der Waals surface area contributed by atoms with E-state index in [-0.39, 0.29) is 11.6 Å². The number of esters is 1. The number of carbonyl (C=O) groups is 2. The quantitative estimate of drug-likeness (QED) is 0.577. The van der Waals surface area contributed by atoms with Crippen LogP contribution in [0.3, 0.4) is 0 Å². The fraction of sp³-hybridized carbons (Fsp3) is 0.0556. The molecule has 0 aliphatic carbocycles. The van der Waals surface area contributed by atoms with Gasteiger partial charge in [0.25, 0.3) is 0 Å². The highest BCUT2D eigenvalue weighted by atomic mass is 35.5. The van der Waals surface area contributed by atoms with Crippen molar-refractivity contribution in [2.24, 2.45) is 4.99 Å². The van der Waals surface area contributed by atoms with Crippen LogP contribution in [0.25, 0.3) is 6.08 Å². The van der Waals surface area contributed by atoms with Crippen molar-refractivity contribution in [3.05, 3.63) is 69.3 Å². The molecule has 0 aromatic heterocycles. The maximum atomic E-state index is 12.0. The number of aliphatic carboxylic acids is 1. The van der Waals surface area contributed by atoms with Gasteiger partial charge in [-0.2, -0.15) is 0 Å². The van der Waals surface area contributed by atoms with E-state index in [0.717, 1.165) is 0 Å². The predicted molar refractivity (Wildman–Crippen MR) is 94.0 cm³/mol. The summed E-state index contributed by atoms with van der Waals surface area (Å²) in [5, 5.41) is 11.1. The van der Waals surface area contributed by atoms with Gasteiger partial charge in [0.05, 0.1) is 16.6 Å². The first-order chi connectivity index (χ1) is 12.4. The van der Waals surface area contributed by atoms with Crippen LogP contribution in [0, 0.1) is 0 Å². The Bertz CT molecular complexity index is 935. The zero-order valence-corrected chi connectivity index (χ0v) is 14.6. The molecular formula is C18H10Cl2NO5-. The monoisotopic (exact) mass is 390 g/mol. The van der Waals surface area contributed by atoms with E-state index in [1.165, 1.54) is 12.1 Å². The second-order valence-electron chi connectivity index (χ2n) is 5.19. The van der Waals surface area contributed by atoms with Crippen LogP contribution in [-0.4, -0.2) is 24.4 Å². The van der Waals surface area contributed by atoms with Crippen LogP contribution < -0.4 is 9.84 Å². The number of cyclic esters (lactones) is 1. The molecule has 8 heteroatoms. The highest BCUT2D eigenvalue weighted by molar-refractivity contribution is 6.37. The van der Waals surface area contributed by atoms with Gasteiger partial charge < -0.3 is 19.4 Å². The average molecular weight is 391 g/mol. The number of halogens is 2. The van der Waals surface area contributed by atoms with Gasteiger partial charge in [-0.3, -0.25) is 0 Å². The van der Waals surface area contributed by atoms with Gasteiger partial charge in [-0.15, -0.1) is 0 Å². The second kappa shape index (κ2) is 7.59. The first kappa shape index (κ1) is 18.0. The molecule has 0 radical (unpaired) electrons. The summed E-state index contributed by atoms with van der Waals surface area (Å²) in [7, 11) is 0. The van der Waals surface area contributed by atoms with Crippen molar-refractivity contribution in [2.75, 3.05) is 6.61 Å². The Kier molecular flexibility index (Phi) is 5.25. The molecule has 0 saturated heterocycles. The van der Waals surface area contributed by atoms with Crippen LogP contribution in [0.4, 0.5) is 0 Å². The third-order valence-corrected chi connectivity index (χ3v) is 3.87. The van der Waals surface area contributed by atoms with Crippen LogP contribution in [0.2, 0.25) is 10.0 Å². The van der Waals surface area contributed by atoms with Gasteiger partial charge in [0.15, 0.2) is 5.70 Å². The van der Waals surface area contributed by atoms with Crippen molar-refractivity contribution < 1.29 is 24.2 Å². The van der Waals surface area contributed by atoms with Gasteiger partial charge in [-0.05, 0) is 42.0 Å². The third-order valence-electron chi connectivity index (χ3n) is 3.32. The Labute approximate surface area is 158 Å². The van der Waals surface area contributed by atoms with Crippen LogP contribution in [0.15, 0.2) is 53.2 Å². The van der Waals surface area contributed by atoms with Crippen LogP contribution in [0.1, 0.15) is 11.1 Å². The van der Waals surface area contributed by atoms with Gasteiger partial charge in [0, 0.05) is 5.02 Å².